The molecule has 0 radical (unpaired) electrons. The Balaban J connectivity index is 1.81. The van der Waals surface area contributed by atoms with E-state index in [1.54, 1.807) is 23.9 Å². The highest BCUT2D eigenvalue weighted by molar-refractivity contribution is 5.97. The predicted octanol–water partition coefficient (Wildman–Crippen LogP) is 5.85. The number of nitrogens with one attached hydrogen (secondary N) is 2. The van der Waals surface area contributed by atoms with Crippen molar-refractivity contribution in [1.82, 2.24) is 14.7 Å². The van der Waals surface area contributed by atoms with E-state index in [1.165, 1.54) is 4.90 Å². The smallest absolute Gasteiger partial charge is 0.322 e. The first-order chi connectivity index (χ1) is 18.2. The van der Waals surface area contributed by atoms with Crippen molar-refractivity contribution in [2.75, 3.05) is 37.4 Å². The minimum Gasteiger partial charge on any atom is -0.497 e. The van der Waals surface area contributed by atoms with Crippen molar-refractivity contribution in [2.24, 2.45) is 0 Å². The van der Waals surface area contributed by atoms with Crippen LogP contribution in [-0.4, -0.2) is 53.4 Å². The van der Waals surface area contributed by atoms with Crippen molar-refractivity contribution < 1.29 is 19.1 Å². The van der Waals surface area contributed by atoms with Gasteiger partial charge in [-0.3, -0.25) is 4.79 Å². The lowest BCUT2D eigenvalue weighted by Crippen LogP contribution is -2.41. The maximum atomic E-state index is 13.2. The highest BCUT2D eigenvalue weighted by Gasteiger charge is 2.23. The molecule has 1 aromatic heterocycles. The molecule has 3 rings (SSSR count). The topological polar surface area (TPSA) is 97.7 Å². The molecule has 0 fully saturated rings. The van der Waals surface area contributed by atoms with Gasteiger partial charge in [0.2, 0.25) is 5.91 Å². The summed E-state index contributed by atoms with van der Waals surface area (Å²) < 4.78 is 12.6. The van der Waals surface area contributed by atoms with Crippen molar-refractivity contribution in [3.05, 3.63) is 60.3 Å². The summed E-state index contributed by atoms with van der Waals surface area (Å²) in [4.78, 5) is 27.9. The molecule has 0 unspecified atom stereocenters. The molecule has 38 heavy (non-hydrogen) atoms. The van der Waals surface area contributed by atoms with Gasteiger partial charge in [-0.25, -0.2) is 9.48 Å². The maximum absolute atomic E-state index is 13.2. The van der Waals surface area contributed by atoms with Crippen LogP contribution < -0.4 is 20.1 Å². The van der Waals surface area contributed by atoms with E-state index in [0.29, 0.717) is 30.4 Å². The Kier molecular flexibility index (Phi) is 9.76. The van der Waals surface area contributed by atoms with Gasteiger partial charge in [-0.2, -0.15) is 5.10 Å². The summed E-state index contributed by atoms with van der Waals surface area (Å²) in [5.74, 6) is 1.53. The zero-order valence-electron chi connectivity index (χ0n) is 23.2. The van der Waals surface area contributed by atoms with Crippen molar-refractivity contribution in [3.63, 3.8) is 0 Å². The monoisotopic (exact) mass is 521 g/mol. The first kappa shape index (κ1) is 28.6. The third kappa shape index (κ3) is 7.50. The number of rotatable bonds is 11. The maximum Gasteiger partial charge on any atom is 0.322 e. The average Bonchev–Trinajstić information content (AvgIpc) is 3.32. The molecule has 0 spiro atoms. The molecule has 2 N–H and O–H groups in total. The Bertz CT molecular complexity index is 1210. The van der Waals surface area contributed by atoms with Crippen molar-refractivity contribution in [2.45, 2.75) is 52.9 Å². The number of methoxy groups -OCH3 is 1. The van der Waals surface area contributed by atoms with Gasteiger partial charge in [-0.05, 0) is 49.7 Å². The summed E-state index contributed by atoms with van der Waals surface area (Å²) in [5.41, 5.74) is 1.95. The molecule has 9 nitrogen and oxygen atoms in total. The van der Waals surface area contributed by atoms with Crippen LogP contribution in [0.5, 0.6) is 11.5 Å². The van der Waals surface area contributed by atoms with Crippen LogP contribution in [0.15, 0.2) is 54.6 Å². The van der Waals surface area contributed by atoms with Gasteiger partial charge >= 0.3 is 6.03 Å². The SMILES string of the molecule is CCCCN(CC(=O)Nc1cc(C(C)(C)C)nn1-c1ccc(OC)cc1)C(=O)Nc1ccccc1OCC. The summed E-state index contributed by atoms with van der Waals surface area (Å²) in [6.07, 6.45) is 1.66. The summed E-state index contributed by atoms with van der Waals surface area (Å²) >= 11 is 0. The van der Waals surface area contributed by atoms with Gasteiger partial charge in [-0.1, -0.05) is 46.2 Å². The quantitative estimate of drug-likeness (QED) is 0.330. The fourth-order valence-corrected chi connectivity index (χ4v) is 3.76. The van der Waals surface area contributed by atoms with Gasteiger partial charge in [0.25, 0.3) is 0 Å². The molecule has 9 heteroatoms. The number of nitrogens with zero attached hydrogens (tertiary/aromatic N) is 3. The largest absolute Gasteiger partial charge is 0.497 e. The molecule has 0 aliphatic rings. The second kappa shape index (κ2) is 13.0. The summed E-state index contributed by atoms with van der Waals surface area (Å²) in [6.45, 7) is 10.9. The number of carbonyl (C=O) groups excluding carboxylic acids is 2. The number of para-hydroxylation sites is 2. The van der Waals surface area contributed by atoms with E-state index in [1.807, 2.05) is 56.3 Å². The molecule has 3 amide bonds. The number of hydrogen-bond donors (Lipinski definition) is 2. The van der Waals surface area contributed by atoms with E-state index >= 15 is 0 Å². The van der Waals surface area contributed by atoms with Crippen LogP contribution in [0.4, 0.5) is 16.3 Å². The van der Waals surface area contributed by atoms with Gasteiger partial charge in [0.15, 0.2) is 0 Å². The number of unbranched alkanes of at least 4 members (excludes halogenated alkanes) is 1. The van der Waals surface area contributed by atoms with Crippen LogP contribution in [0.25, 0.3) is 5.69 Å². The van der Waals surface area contributed by atoms with Crippen molar-refractivity contribution in [3.8, 4) is 17.2 Å². The molecular formula is C29H39N5O4. The van der Waals surface area contributed by atoms with E-state index < -0.39 is 0 Å². The number of benzene rings is 2. The number of amides is 3. The molecule has 0 bridgehead atoms. The van der Waals surface area contributed by atoms with Gasteiger partial charge < -0.3 is 25.0 Å². The molecule has 0 saturated heterocycles. The first-order valence-corrected chi connectivity index (χ1v) is 13.0. The number of aromatic nitrogens is 2. The van der Waals surface area contributed by atoms with E-state index in [-0.39, 0.29) is 23.9 Å². The van der Waals surface area contributed by atoms with Crippen LogP contribution in [0, 0.1) is 0 Å². The number of carbonyl (C=O) groups is 2. The van der Waals surface area contributed by atoms with Crippen LogP contribution in [0.3, 0.4) is 0 Å². The highest BCUT2D eigenvalue weighted by atomic mass is 16.5. The standard InChI is InChI=1S/C29H39N5O4/c1-7-9-18-33(28(36)30-23-12-10-11-13-24(23)38-8-2)20-27(35)31-26-19-25(29(3,4)5)32-34(26)21-14-16-22(37-6)17-15-21/h10-17,19H,7-9,18,20H2,1-6H3,(H,30,36)(H,31,35). The Morgan fingerprint density at radius 3 is 2.37 bits per heavy atom. The van der Waals surface area contributed by atoms with Crippen molar-refractivity contribution in [1.29, 1.82) is 0 Å². The average molecular weight is 522 g/mol. The fraction of sp³-hybridized carbons (Fsp3) is 0.414. The van der Waals surface area contributed by atoms with Crippen LogP contribution in [0.2, 0.25) is 0 Å². The van der Waals surface area contributed by atoms with Gasteiger partial charge in [0.05, 0.1) is 30.8 Å². The van der Waals surface area contributed by atoms with Gasteiger partial charge in [0, 0.05) is 18.0 Å². The third-order valence-electron chi connectivity index (χ3n) is 5.89. The molecule has 0 atom stereocenters. The molecule has 204 valence electrons. The normalized spacial score (nSPS) is 11.1. The molecule has 0 saturated carbocycles. The zero-order valence-corrected chi connectivity index (χ0v) is 23.2. The number of hydrogen-bond acceptors (Lipinski definition) is 5. The second-order valence-electron chi connectivity index (χ2n) is 9.96. The lowest BCUT2D eigenvalue weighted by molar-refractivity contribution is -0.116. The highest BCUT2D eigenvalue weighted by Crippen LogP contribution is 2.27. The minimum absolute atomic E-state index is 0.110. The van der Waals surface area contributed by atoms with Crippen molar-refractivity contribution >= 4 is 23.4 Å². The lowest BCUT2D eigenvalue weighted by Gasteiger charge is -2.23. The Labute approximate surface area is 225 Å². The third-order valence-corrected chi connectivity index (χ3v) is 5.89. The molecular weight excluding hydrogens is 482 g/mol. The van der Waals surface area contributed by atoms with Crippen LogP contribution in [0.1, 0.15) is 53.2 Å². The minimum atomic E-state index is -0.361. The van der Waals surface area contributed by atoms with Gasteiger partial charge in [-0.15, -0.1) is 0 Å². The number of urea groups is 1. The Morgan fingerprint density at radius 2 is 1.74 bits per heavy atom. The van der Waals surface area contributed by atoms with E-state index in [0.717, 1.165) is 30.0 Å². The predicted molar refractivity (Wildman–Crippen MR) is 151 cm³/mol. The molecule has 0 aliphatic carbocycles. The number of ether oxygens (including phenoxy) is 2. The summed E-state index contributed by atoms with van der Waals surface area (Å²) in [6, 6.07) is 16.2. The van der Waals surface area contributed by atoms with Crippen LogP contribution in [-0.2, 0) is 10.2 Å². The van der Waals surface area contributed by atoms with E-state index in [9.17, 15) is 9.59 Å². The molecule has 0 aliphatic heterocycles. The number of anilines is 2. The lowest BCUT2D eigenvalue weighted by atomic mass is 9.92. The Morgan fingerprint density at radius 1 is 1.03 bits per heavy atom. The van der Waals surface area contributed by atoms with E-state index in [4.69, 9.17) is 14.6 Å². The van der Waals surface area contributed by atoms with E-state index in [2.05, 4.69) is 31.4 Å². The van der Waals surface area contributed by atoms with Crippen LogP contribution >= 0.6 is 0 Å². The second-order valence-corrected chi connectivity index (χ2v) is 9.96. The fourth-order valence-electron chi connectivity index (χ4n) is 3.76. The summed E-state index contributed by atoms with van der Waals surface area (Å²) in [5, 5.41) is 10.6. The zero-order chi connectivity index (χ0) is 27.7. The first-order valence-electron chi connectivity index (χ1n) is 13.0. The Hall–Kier alpha value is -4.01. The molecule has 3 aromatic rings. The molecule has 2 aromatic carbocycles. The molecule has 1 heterocycles. The van der Waals surface area contributed by atoms with Gasteiger partial charge in [0.1, 0.15) is 23.9 Å². The summed E-state index contributed by atoms with van der Waals surface area (Å²) in [7, 11) is 1.61.